The second-order valence-corrected chi connectivity index (χ2v) is 8.59. The van der Waals surface area contributed by atoms with Crippen LogP contribution in [0.25, 0.3) is 0 Å². The van der Waals surface area contributed by atoms with E-state index in [-0.39, 0.29) is 17.5 Å². The molecular formula is C22H31N5O. The van der Waals surface area contributed by atoms with Crippen LogP contribution in [0.5, 0.6) is 0 Å². The van der Waals surface area contributed by atoms with E-state index >= 15 is 0 Å². The maximum Gasteiger partial charge on any atom is 0.315 e. The standard InChI is InChI=1S/C22H31N5O/c1-16-23-11-9-19(25-16)13-24-21(28)26-20(22(2,3)4)15-27-12-10-17-7-5-6-8-18(17)14-27/h5-9,11,20H,10,12-15H2,1-4H3,(H2,24,26,28). The lowest BCUT2D eigenvalue weighted by Crippen LogP contribution is -2.53. The number of nitrogens with zero attached hydrogens (tertiary/aromatic N) is 3. The van der Waals surface area contributed by atoms with Crippen LogP contribution >= 0.6 is 0 Å². The lowest BCUT2D eigenvalue weighted by molar-refractivity contribution is 0.161. The lowest BCUT2D eigenvalue weighted by Gasteiger charge is -2.37. The first-order valence-electron chi connectivity index (χ1n) is 9.93. The number of aromatic nitrogens is 2. The van der Waals surface area contributed by atoms with Gasteiger partial charge in [0.05, 0.1) is 12.2 Å². The molecule has 2 aromatic rings. The fraction of sp³-hybridized carbons (Fsp3) is 0.500. The maximum absolute atomic E-state index is 12.5. The van der Waals surface area contributed by atoms with Crippen LogP contribution in [0.2, 0.25) is 0 Å². The van der Waals surface area contributed by atoms with E-state index in [1.165, 1.54) is 11.1 Å². The minimum atomic E-state index is -0.159. The van der Waals surface area contributed by atoms with Crippen LogP contribution in [0.15, 0.2) is 36.5 Å². The molecule has 0 aliphatic carbocycles. The molecule has 6 nitrogen and oxygen atoms in total. The highest BCUT2D eigenvalue weighted by Gasteiger charge is 2.29. The number of rotatable bonds is 5. The number of aryl methyl sites for hydroxylation is 1. The summed E-state index contributed by atoms with van der Waals surface area (Å²) in [6, 6.07) is 10.3. The number of urea groups is 1. The highest BCUT2D eigenvalue weighted by molar-refractivity contribution is 5.74. The van der Waals surface area contributed by atoms with Crippen molar-refractivity contribution in [1.29, 1.82) is 0 Å². The Labute approximate surface area is 167 Å². The van der Waals surface area contributed by atoms with E-state index in [1.54, 1.807) is 6.20 Å². The van der Waals surface area contributed by atoms with E-state index in [1.807, 2.05) is 13.0 Å². The zero-order valence-corrected chi connectivity index (χ0v) is 17.3. The second kappa shape index (κ2) is 8.69. The van der Waals surface area contributed by atoms with Gasteiger partial charge in [-0.15, -0.1) is 0 Å². The molecule has 2 amide bonds. The first-order valence-corrected chi connectivity index (χ1v) is 9.93. The highest BCUT2D eigenvalue weighted by Crippen LogP contribution is 2.24. The van der Waals surface area contributed by atoms with Gasteiger partial charge in [0.1, 0.15) is 5.82 Å². The van der Waals surface area contributed by atoms with Crippen molar-refractivity contribution in [3.63, 3.8) is 0 Å². The third kappa shape index (κ3) is 5.52. The van der Waals surface area contributed by atoms with Crippen LogP contribution in [-0.2, 0) is 19.5 Å². The predicted molar refractivity (Wildman–Crippen MR) is 111 cm³/mol. The van der Waals surface area contributed by atoms with Crippen LogP contribution in [0.4, 0.5) is 4.79 Å². The summed E-state index contributed by atoms with van der Waals surface area (Å²) in [4.78, 5) is 23.4. The first-order chi connectivity index (χ1) is 13.3. The minimum absolute atomic E-state index is 0.0419. The van der Waals surface area contributed by atoms with E-state index in [0.717, 1.165) is 31.7 Å². The summed E-state index contributed by atoms with van der Waals surface area (Å²) in [7, 11) is 0. The number of hydrogen-bond donors (Lipinski definition) is 2. The van der Waals surface area contributed by atoms with Crippen molar-refractivity contribution in [3.8, 4) is 0 Å². The molecule has 1 aliphatic heterocycles. The molecule has 1 unspecified atom stereocenters. The average Bonchev–Trinajstić information content (AvgIpc) is 2.65. The van der Waals surface area contributed by atoms with E-state index in [2.05, 4.69) is 70.5 Å². The summed E-state index contributed by atoms with van der Waals surface area (Å²) in [5, 5.41) is 6.10. The van der Waals surface area contributed by atoms with Gasteiger partial charge in [-0.25, -0.2) is 14.8 Å². The van der Waals surface area contributed by atoms with Crippen molar-refractivity contribution >= 4 is 6.03 Å². The molecule has 2 heterocycles. The van der Waals surface area contributed by atoms with Crippen LogP contribution in [0, 0.1) is 12.3 Å². The molecule has 6 heteroatoms. The second-order valence-electron chi connectivity index (χ2n) is 8.59. The van der Waals surface area contributed by atoms with Crippen molar-refractivity contribution in [3.05, 3.63) is 59.2 Å². The van der Waals surface area contributed by atoms with Crippen LogP contribution < -0.4 is 10.6 Å². The van der Waals surface area contributed by atoms with Crippen molar-refractivity contribution in [2.75, 3.05) is 13.1 Å². The molecule has 0 radical (unpaired) electrons. The van der Waals surface area contributed by atoms with Gasteiger partial charge in [0.2, 0.25) is 0 Å². The summed E-state index contributed by atoms with van der Waals surface area (Å²) < 4.78 is 0. The van der Waals surface area contributed by atoms with E-state index in [4.69, 9.17) is 0 Å². The molecule has 0 fully saturated rings. The van der Waals surface area contributed by atoms with Crippen molar-refractivity contribution in [1.82, 2.24) is 25.5 Å². The van der Waals surface area contributed by atoms with Crippen LogP contribution in [0.3, 0.4) is 0 Å². The fourth-order valence-corrected chi connectivity index (χ4v) is 3.49. The monoisotopic (exact) mass is 381 g/mol. The van der Waals surface area contributed by atoms with Gasteiger partial charge in [-0.05, 0) is 36.0 Å². The topological polar surface area (TPSA) is 70.2 Å². The Bertz CT molecular complexity index is 815. The molecule has 0 bridgehead atoms. The van der Waals surface area contributed by atoms with Crippen LogP contribution in [-0.4, -0.2) is 40.0 Å². The molecule has 1 atom stereocenters. The largest absolute Gasteiger partial charge is 0.334 e. The van der Waals surface area contributed by atoms with Crippen molar-refractivity contribution < 1.29 is 4.79 Å². The van der Waals surface area contributed by atoms with E-state index < -0.39 is 0 Å². The van der Waals surface area contributed by atoms with Gasteiger partial charge in [-0.1, -0.05) is 45.0 Å². The number of fused-ring (bicyclic) bond motifs is 1. The molecule has 150 valence electrons. The van der Waals surface area contributed by atoms with Crippen molar-refractivity contribution in [2.45, 2.75) is 53.2 Å². The predicted octanol–water partition coefficient (Wildman–Crippen LogP) is 3.06. The lowest BCUT2D eigenvalue weighted by atomic mass is 9.86. The Kier molecular flexibility index (Phi) is 6.29. The normalized spacial score (nSPS) is 15.6. The number of amides is 2. The third-order valence-corrected chi connectivity index (χ3v) is 5.26. The molecule has 0 spiro atoms. The Balaban J connectivity index is 1.57. The summed E-state index contributed by atoms with van der Waals surface area (Å²) in [5.41, 5.74) is 3.60. The Morgan fingerprint density at radius 2 is 1.96 bits per heavy atom. The number of benzene rings is 1. The zero-order valence-electron chi connectivity index (χ0n) is 17.3. The van der Waals surface area contributed by atoms with E-state index in [0.29, 0.717) is 12.4 Å². The van der Waals surface area contributed by atoms with Gasteiger partial charge in [0.25, 0.3) is 0 Å². The molecule has 3 rings (SSSR count). The zero-order chi connectivity index (χ0) is 20.1. The van der Waals surface area contributed by atoms with Gasteiger partial charge in [-0.3, -0.25) is 4.90 Å². The summed E-state index contributed by atoms with van der Waals surface area (Å²) >= 11 is 0. The smallest absolute Gasteiger partial charge is 0.315 e. The van der Waals surface area contributed by atoms with Gasteiger partial charge in [-0.2, -0.15) is 0 Å². The summed E-state index contributed by atoms with van der Waals surface area (Å²) in [5.74, 6) is 0.706. The van der Waals surface area contributed by atoms with Gasteiger partial charge in [0.15, 0.2) is 0 Å². The molecule has 28 heavy (non-hydrogen) atoms. The fourth-order valence-electron chi connectivity index (χ4n) is 3.49. The third-order valence-electron chi connectivity index (χ3n) is 5.26. The first kappa shape index (κ1) is 20.3. The molecule has 1 aromatic heterocycles. The quantitative estimate of drug-likeness (QED) is 0.835. The number of carbonyl (C=O) groups is 1. The molecule has 0 saturated carbocycles. The molecule has 1 aliphatic rings. The number of nitrogens with one attached hydrogen (secondary N) is 2. The Hall–Kier alpha value is -2.47. The minimum Gasteiger partial charge on any atom is -0.334 e. The van der Waals surface area contributed by atoms with Gasteiger partial charge in [0, 0.05) is 31.9 Å². The molecule has 0 saturated heterocycles. The molecule has 2 N–H and O–H groups in total. The molecular weight excluding hydrogens is 350 g/mol. The summed E-state index contributed by atoms with van der Waals surface area (Å²) in [6.45, 7) is 11.5. The Morgan fingerprint density at radius 1 is 1.21 bits per heavy atom. The average molecular weight is 382 g/mol. The van der Waals surface area contributed by atoms with Crippen molar-refractivity contribution in [2.24, 2.45) is 5.41 Å². The maximum atomic E-state index is 12.5. The van der Waals surface area contributed by atoms with Gasteiger partial charge >= 0.3 is 6.03 Å². The van der Waals surface area contributed by atoms with Crippen LogP contribution in [0.1, 0.15) is 43.4 Å². The number of hydrogen-bond acceptors (Lipinski definition) is 4. The van der Waals surface area contributed by atoms with E-state index in [9.17, 15) is 4.79 Å². The van der Waals surface area contributed by atoms with Gasteiger partial charge < -0.3 is 10.6 Å². The Morgan fingerprint density at radius 3 is 2.68 bits per heavy atom. The highest BCUT2D eigenvalue weighted by atomic mass is 16.2. The SMILES string of the molecule is Cc1nccc(CNC(=O)NC(CN2CCc3ccccc3C2)C(C)(C)C)n1. The number of carbonyl (C=O) groups excluding carboxylic acids is 1. The molecule has 1 aromatic carbocycles. The summed E-state index contributed by atoms with van der Waals surface area (Å²) in [6.07, 6.45) is 2.77.